The third-order valence-corrected chi connectivity index (χ3v) is 2.00. The molecule has 1 aliphatic carbocycles. The summed E-state index contributed by atoms with van der Waals surface area (Å²) in [6, 6.07) is 0. The van der Waals surface area contributed by atoms with Gasteiger partial charge in [0.05, 0.1) is 5.60 Å². The standard InChI is InChI=1S/C8H14O2/c1-8(10)5-3-2-4-7(9)6-8/h10H,2-6H2,1H3. The van der Waals surface area contributed by atoms with E-state index < -0.39 is 5.60 Å². The van der Waals surface area contributed by atoms with E-state index in [1.807, 2.05) is 0 Å². The quantitative estimate of drug-likeness (QED) is 0.517. The third kappa shape index (κ3) is 2.10. The van der Waals surface area contributed by atoms with Crippen LogP contribution in [0, 0.1) is 0 Å². The maximum atomic E-state index is 10.9. The first-order valence-electron chi connectivity index (χ1n) is 3.84. The van der Waals surface area contributed by atoms with Crippen LogP contribution in [0.4, 0.5) is 0 Å². The number of ketones is 1. The van der Waals surface area contributed by atoms with Gasteiger partial charge in [-0.2, -0.15) is 0 Å². The lowest BCUT2D eigenvalue weighted by Crippen LogP contribution is -2.25. The minimum atomic E-state index is -0.715. The van der Waals surface area contributed by atoms with Gasteiger partial charge >= 0.3 is 0 Å². The highest BCUT2D eigenvalue weighted by Gasteiger charge is 2.25. The second-order valence-electron chi connectivity index (χ2n) is 3.42. The van der Waals surface area contributed by atoms with E-state index in [9.17, 15) is 9.90 Å². The van der Waals surface area contributed by atoms with Crippen molar-refractivity contribution in [3.8, 4) is 0 Å². The van der Waals surface area contributed by atoms with Gasteiger partial charge in [0.15, 0.2) is 0 Å². The van der Waals surface area contributed by atoms with Crippen molar-refractivity contribution in [3.05, 3.63) is 0 Å². The first kappa shape index (κ1) is 7.73. The lowest BCUT2D eigenvalue weighted by molar-refractivity contribution is -0.122. The summed E-state index contributed by atoms with van der Waals surface area (Å²) in [5, 5.41) is 9.50. The van der Waals surface area contributed by atoms with Gasteiger partial charge in [-0.1, -0.05) is 6.42 Å². The summed E-state index contributed by atoms with van der Waals surface area (Å²) >= 11 is 0. The highest BCUT2D eigenvalue weighted by atomic mass is 16.3. The van der Waals surface area contributed by atoms with E-state index in [4.69, 9.17) is 0 Å². The molecule has 58 valence electrons. The highest BCUT2D eigenvalue weighted by Crippen LogP contribution is 2.23. The van der Waals surface area contributed by atoms with Crippen molar-refractivity contribution in [1.82, 2.24) is 0 Å². The number of hydrogen-bond donors (Lipinski definition) is 1. The van der Waals surface area contributed by atoms with E-state index in [1.54, 1.807) is 6.92 Å². The molecule has 0 saturated heterocycles. The summed E-state index contributed by atoms with van der Waals surface area (Å²) in [5.41, 5.74) is -0.715. The maximum Gasteiger partial charge on any atom is 0.135 e. The molecule has 1 atom stereocenters. The normalized spacial score (nSPS) is 35.6. The fraction of sp³-hybridized carbons (Fsp3) is 0.875. The van der Waals surface area contributed by atoms with E-state index in [0.717, 1.165) is 19.3 Å². The van der Waals surface area contributed by atoms with Gasteiger partial charge in [-0.3, -0.25) is 4.79 Å². The molecule has 0 bridgehead atoms. The minimum Gasteiger partial charge on any atom is -0.390 e. The molecule has 1 fully saturated rings. The number of Topliss-reactive ketones (excluding diaryl/α,β-unsaturated/α-hetero) is 1. The topological polar surface area (TPSA) is 37.3 Å². The van der Waals surface area contributed by atoms with Crippen LogP contribution in [0.5, 0.6) is 0 Å². The lowest BCUT2D eigenvalue weighted by Gasteiger charge is -2.18. The average Bonchev–Trinajstić information content (AvgIpc) is 1.90. The van der Waals surface area contributed by atoms with Crippen LogP contribution < -0.4 is 0 Å². The van der Waals surface area contributed by atoms with E-state index in [1.165, 1.54) is 0 Å². The molecule has 0 aromatic rings. The summed E-state index contributed by atoms with van der Waals surface area (Å²) in [6.07, 6.45) is 3.73. The van der Waals surface area contributed by atoms with Crippen LogP contribution >= 0.6 is 0 Å². The average molecular weight is 142 g/mol. The van der Waals surface area contributed by atoms with Crippen LogP contribution in [-0.2, 0) is 4.79 Å². The molecule has 2 heteroatoms. The van der Waals surface area contributed by atoms with Crippen LogP contribution in [0.1, 0.15) is 39.0 Å². The first-order chi connectivity index (χ1) is 4.60. The number of aliphatic hydroxyl groups is 1. The molecule has 0 spiro atoms. The van der Waals surface area contributed by atoms with Crippen LogP contribution in [0.15, 0.2) is 0 Å². The maximum absolute atomic E-state index is 10.9. The monoisotopic (exact) mass is 142 g/mol. The molecule has 1 N–H and O–H groups in total. The third-order valence-electron chi connectivity index (χ3n) is 2.00. The van der Waals surface area contributed by atoms with Crippen molar-refractivity contribution in [3.63, 3.8) is 0 Å². The van der Waals surface area contributed by atoms with Gasteiger partial charge in [-0.15, -0.1) is 0 Å². The summed E-state index contributed by atoms with van der Waals surface area (Å²) < 4.78 is 0. The zero-order valence-electron chi connectivity index (χ0n) is 6.39. The summed E-state index contributed by atoms with van der Waals surface area (Å²) in [5.74, 6) is 0.211. The number of rotatable bonds is 0. The zero-order chi connectivity index (χ0) is 7.61. The lowest BCUT2D eigenvalue weighted by atomic mass is 9.97. The zero-order valence-corrected chi connectivity index (χ0v) is 6.39. The minimum absolute atomic E-state index is 0.211. The SMILES string of the molecule is CC1(O)CCCCC(=O)C1. The van der Waals surface area contributed by atoms with Crippen molar-refractivity contribution in [2.45, 2.75) is 44.6 Å². The van der Waals surface area contributed by atoms with E-state index >= 15 is 0 Å². The number of carbonyl (C=O) groups excluding carboxylic acids is 1. The van der Waals surface area contributed by atoms with Gasteiger partial charge in [-0.05, 0) is 19.8 Å². The Morgan fingerprint density at radius 1 is 1.50 bits per heavy atom. The van der Waals surface area contributed by atoms with Crippen molar-refractivity contribution in [2.75, 3.05) is 0 Å². The second kappa shape index (κ2) is 2.70. The van der Waals surface area contributed by atoms with Gasteiger partial charge in [0.2, 0.25) is 0 Å². The van der Waals surface area contributed by atoms with Gasteiger partial charge < -0.3 is 5.11 Å². The van der Waals surface area contributed by atoms with E-state index in [2.05, 4.69) is 0 Å². The molecule has 1 unspecified atom stereocenters. The Bertz CT molecular complexity index is 138. The first-order valence-corrected chi connectivity index (χ1v) is 3.84. The summed E-state index contributed by atoms with van der Waals surface area (Å²) in [7, 11) is 0. The van der Waals surface area contributed by atoms with Crippen molar-refractivity contribution >= 4 is 5.78 Å². The summed E-state index contributed by atoms with van der Waals surface area (Å²) in [4.78, 5) is 10.9. The Balaban J connectivity index is 2.54. The molecule has 0 radical (unpaired) electrons. The second-order valence-corrected chi connectivity index (χ2v) is 3.42. The molecule has 0 amide bonds. The Hall–Kier alpha value is -0.370. The van der Waals surface area contributed by atoms with Gasteiger partial charge in [0.25, 0.3) is 0 Å². The molecular formula is C8H14O2. The van der Waals surface area contributed by atoms with Gasteiger partial charge in [0.1, 0.15) is 5.78 Å². The fourth-order valence-corrected chi connectivity index (χ4v) is 1.43. The molecule has 0 heterocycles. The van der Waals surface area contributed by atoms with E-state index in [-0.39, 0.29) is 5.78 Å². The predicted octanol–water partition coefficient (Wildman–Crippen LogP) is 1.27. The molecule has 1 rings (SSSR count). The van der Waals surface area contributed by atoms with Crippen molar-refractivity contribution in [2.24, 2.45) is 0 Å². The molecule has 0 aromatic carbocycles. The number of hydrogen-bond acceptors (Lipinski definition) is 2. The smallest absolute Gasteiger partial charge is 0.135 e. The van der Waals surface area contributed by atoms with Crippen LogP contribution in [0.2, 0.25) is 0 Å². The van der Waals surface area contributed by atoms with E-state index in [0.29, 0.717) is 12.8 Å². The Morgan fingerprint density at radius 3 is 2.90 bits per heavy atom. The van der Waals surface area contributed by atoms with Gasteiger partial charge in [-0.25, -0.2) is 0 Å². The molecule has 1 aliphatic rings. The Morgan fingerprint density at radius 2 is 2.20 bits per heavy atom. The Labute approximate surface area is 61.2 Å². The number of carbonyl (C=O) groups is 1. The van der Waals surface area contributed by atoms with Crippen LogP contribution in [0.25, 0.3) is 0 Å². The van der Waals surface area contributed by atoms with Crippen molar-refractivity contribution in [1.29, 1.82) is 0 Å². The molecule has 0 aromatic heterocycles. The highest BCUT2D eigenvalue weighted by molar-refractivity contribution is 5.79. The van der Waals surface area contributed by atoms with Crippen LogP contribution in [-0.4, -0.2) is 16.5 Å². The fourth-order valence-electron chi connectivity index (χ4n) is 1.43. The Kier molecular flexibility index (Phi) is 2.09. The largest absolute Gasteiger partial charge is 0.390 e. The van der Waals surface area contributed by atoms with Gasteiger partial charge in [0, 0.05) is 12.8 Å². The molecule has 1 saturated carbocycles. The summed E-state index contributed by atoms with van der Waals surface area (Å²) in [6.45, 7) is 1.75. The molecule has 2 nitrogen and oxygen atoms in total. The molecule has 0 aliphatic heterocycles. The predicted molar refractivity (Wildman–Crippen MR) is 38.7 cm³/mol. The van der Waals surface area contributed by atoms with Crippen LogP contribution in [0.3, 0.4) is 0 Å². The van der Waals surface area contributed by atoms with Crippen molar-refractivity contribution < 1.29 is 9.90 Å². The molecular weight excluding hydrogens is 128 g/mol. The molecule has 10 heavy (non-hydrogen) atoms.